The van der Waals surface area contributed by atoms with E-state index in [0.717, 1.165) is 10.5 Å². The molecule has 0 atom stereocenters. The van der Waals surface area contributed by atoms with Gasteiger partial charge in [-0.25, -0.2) is 0 Å². The van der Waals surface area contributed by atoms with Crippen molar-refractivity contribution in [2.45, 2.75) is 23.8 Å². The van der Waals surface area contributed by atoms with Crippen LogP contribution in [-0.2, 0) is 0 Å². The van der Waals surface area contributed by atoms with E-state index in [4.69, 9.17) is 11.6 Å². The molecule has 0 spiro atoms. The molecule has 0 fully saturated rings. The van der Waals surface area contributed by atoms with Gasteiger partial charge in [0, 0.05) is 15.5 Å². The summed E-state index contributed by atoms with van der Waals surface area (Å²) in [6, 6.07) is 11.2. The van der Waals surface area contributed by atoms with Crippen LogP contribution in [0.1, 0.15) is 16.7 Å². The lowest BCUT2D eigenvalue weighted by molar-refractivity contribution is 0.748. The minimum atomic E-state index is -0.391. The van der Waals surface area contributed by atoms with E-state index in [0.29, 0.717) is 20.6 Å². The van der Waals surface area contributed by atoms with Crippen molar-refractivity contribution in [1.29, 1.82) is 5.26 Å². The van der Waals surface area contributed by atoms with Crippen LogP contribution in [-0.4, -0.2) is 9.78 Å². The molecule has 0 saturated heterocycles. The first-order valence-electron chi connectivity index (χ1n) is 7.02. The fourth-order valence-electron chi connectivity index (χ4n) is 2.10. The molecule has 0 bridgehead atoms. The van der Waals surface area contributed by atoms with E-state index in [1.807, 2.05) is 36.6 Å². The predicted octanol–water partition coefficient (Wildman–Crippen LogP) is 4.59. The van der Waals surface area contributed by atoms with Gasteiger partial charge < -0.3 is 0 Å². The van der Waals surface area contributed by atoms with E-state index in [1.54, 1.807) is 19.1 Å². The Labute approximate surface area is 152 Å². The van der Waals surface area contributed by atoms with Crippen molar-refractivity contribution in [3.05, 3.63) is 67.8 Å². The minimum absolute atomic E-state index is 0.118. The number of thiophene rings is 1. The number of nitrogens with zero attached hydrogens (tertiary/aromatic N) is 3. The Morgan fingerprint density at radius 3 is 2.58 bits per heavy atom. The smallest absolute Gasteiger partial charge is 0.266 e. The third-order valence-corrected chi connectivity index (χ3v) is 5.72. The maximum atomic E-state index is 12.5. The Hall–Kier alpha value is -2.07. The number of nitriles is 1. The first kappa shape index (κ1) is 16.8. The Kier molecular flexibility index (Phi) is 4.76. The largest absolute Gasteiger partial charge is 0.290 e. The summed E-state index contributed by atoms with van der Waals surface area (Å²) in [5.41, 5.74) is 1.37. The van der Waals surface area contributed by atoms with Gasteiger partial charge in [0.05, 0.1) is 0 Å². The molecule has 3 rings (SSSR count). The van der Waals surface area contributed by atoms with Gasteiger partial charge in [-0.05, 0) is 55.1 Å². The van der Waals surface area contributed by atoms with Gasteiger partial charge in [-0.1, -0.05) is 23.4 Å². The highest BCUT2D eigenvalue weighted by Gasteiger charge is 2.17. The minimum Gasteiger partial charge on any atom is -0.266 e. The van der Waals surface area contributed by atoms with Crippen molar-refractivity contribution in [3.63, 3.8) is 0 Å². The number of hydrogen-bond donors (Lipinski definition) is 0. The molecule has 0 saturated carbocycles. The van der Waals surface area contributed by atoms with Crippen LogP contribution in [0.15, 0.2) is 50.4 Å². The van der Waals surface area contributed by atoms with Gasteiger partial charge in [-0.2, -0.15) is 15.0 Å². The van der Waals surface area contributed by atoms with Gasteiger partial charge in [0.25, 0.3) is 5.56 Å². The van der Waals surface area contributed by atoms with Gasteiger partial charge in [-0.15, -0.1) is 11.3 Å². The summed E-state index contributed by atoms with van der Waals surface area (Å²) >= 11 is 8.73. The normalized spacial score (nSPS) is 10.6. The molecular formula is C17H12ClN3OS2. The maximum absolute atomic E-state index is 12.5. The van der Waals surface area contributed by atoms with Gasteiger partial charge in [0.15, 0.2) is 0 Å². The molecular weight excluding hydrogens is 362 g/mol. The van der Waals surface area contributed by atoms with Crippen molar-refractivity contribution in [2.75, 3.05) is 0 Å². The molecule has 0 aliphatic heterocycles. The first-order chi connectivity index (χ1) is 11.5. The summed E-state index contributed by atoms with van der Waals surface area (Å²) in [4.78, 5) is 13.5. The van der Waals surface area contributed by atoms with Crippen LogP contribution >= 0.6 is 34.7 Å². The Balaban J connectivity index is 2.14. The highest BCUT2D eigenvalue weighted by molar-refractivity contribution is 7.99. The molecule has 0 radical (unpaired) electrons. The van der Waals surface area contributed by atoms with Crippen molar-refractivity contribution in [1.82, 2.24) is 9.78 Å². The highest BCUT2D eigenvalue weighted by Crippen LogP contribution is 2.30. The Bertz CT molecular complexity index is 1000. The number of aromatic nitrogens is 2. The summed E-state index contributed by atoms with van der Waals surface area (Å²) in [6.45, 7) is 3.70. The zero-order valence-corrected chi connectivity index (χ0v) is 15.3. The van der Waals surface area contributed by atoms with Crippen molar-refractivity contribution in [2.24, 2.45) is 0 Å². The molecule has 2 heterocycles. The topological polar surface area (TPSA) is 58.7 Å². The number of halogens is 1. The lowest BCUT2D eigenvalue weighted by Crippen LogP contribution is -2.25. The number of hydrogen-bond acceptors (Lipinski definition) is 5. The molecule has 2 aromatic heterocycles. The second kappa shape index (κ2) is 6.81. The van der Waals surface area contributed by atoms with Gasteiger partial charge >= 0.3 is 0 Å². The molecule has 4 nitrogen and oxygen atoms in total. The lowest BCUT2D eigenvalue weighted by Gasteiger charge is -2.10. The van der Waals surface area contributed by atoms with Crippen LogP contribution in [0.25, 0.3) is 5.00 Å². The Morgan fingerprint density at radius 2 is 2.00 bits per heavy atom. The third-order valence-electron chi connectivity index (χ3n) is 3.36. The standard InChI is InChI=1S/C17H12ClN3OS2/c1-10-7-15(23-9-10)21-17(22)14(8-19)11(2)16(20-21)24-13-5-3-12(18)4-6-13/h3-7,9H,1-2H3. The zero-order valence-electron chi connectivity index (χ0n) is 12.9. The molecule has 0 unspecified atom stereocenters. The first-order valence-corrected chi connectivity index (χ1v) is 9.10. The van der Waals surface area contributed by atoms with E-state index in [9.17, 15) is 10.1 Å². The number of aryl methyl sites for hydroxylation is 1. The molecule has 120 valence electrons. The van der Waals surface area contributed by atoms with Crippen molar-refractivity contribution in [3.8, 4) is 11.1 Å². The molecule has 0 aliphatic carbocycles. The molecule has 0 N–H and O–H groups in total. The summed E-state index contributed by atoms with van der Waals surface area (Å²) in [6.07, 6.45) is 0. The maximum Gasteiger partial charge on any atom is 0.290 e. The summed E-state index contributed by atoms with van der Waals surface area (Å²) < 4.78 is 1.31. The Morgan fingerprint density at radius 1 is 1.29 bits per heavy atom. The van der Waals surface area contributed by atoms with Gasteiger partial charge in [-0.3, -0.25) is 4.79 Å². The van der Waals surface area contributed by atoms with E-state index in [-0.39, 0.29) is 5.56 Å². The predicted molar refractivity (Wildman–Crippen MR) is 97.5 cm³/mol. The second-order valence-corrected chi connectivity index (χ2v) is 7.54. The van der Waals surface area contributed by atoms with Crippen molar-refractivity contribution < 1.29 is 0 Å². The van der Waals surface area contributed by atoms with Gasteiger partial charge in [0.2, 0.25) is 0 Å². The molecule has 1 aromatic carbocycles. The van der Waals surface area contributed by atoms with E-state index in [2.05, 4.69) is 5.10 Å². The number of benzene rings is 1. The van der Waals surface area contributed by atoms with E-state index < -0.39 is 5.56 Å². The van der Waals surface area contributed by atoms with Crippen LogP contribution < -0.4 is 5.56 Å². The van der Waals surface area contributed by atoms with Crippen LogP contribution in [0, 0.1) is 25.2 Å². The van der Waals surface area contributed by atoms with Crippen LogP contribution in [0.2, 0.25) is 5.02 Å². The summed E-state index contributed by atoms with van der Waals surface area (Å²) in [7, 11) is 0. The summed E-state index contributed by atoms with van der Waals surface area (Å²) in [5.74, 6) is 0. The zero-order chi connectivity index (χ0) is 17.3. The van der Waals surface area contributed by atoms with Crippen LogP contribution in [0.4, 0.5) is 0 Å². The van der Waals surface area contributed by atoms with Crippen molar-refractivity contribution >= 4 is 34.7 Å². The monoisotopic (exact) mass is 373 g/mol. The SMILES string of the molecule is Cc1csc(-n2nc(Sc3ccc(Cl)cc3)c(C)c(C#N)c2=O)c1. The molecule has 0 aliphatic rings. The lowest BCUT2D eigenvalue weighted by atomic mass is 10.2. The van der Waals surface area contributed by atoms with E-state index >= 15 is 0 Å². The van der Waals surface area contributed by atoms with Crippen LogP contribution in [0.3, 0.4) is 0 Å². The van der Waals surface area contributed by atoms with E-state index in [1.165, 1.54) is 27.8 Å². The third kappa shape index (κ3) is 3.24. The molecule has 24 heavy (non-hydrogen) atoms. The molecule has 0 amide bonds. The van der Waals surface area contributed by atoms with Crippen LogP contribution in [0.5, 0.6) is 0 Å². The second-order valence-electron chi connectivity index (χ2n) is 5.15. The average molecular weight is 374 g/mol. The summed E-state index contributed by atoms with van der Waals surface area (Å²) in [5, 5.41) is 17.8. The van der Waals surface area contributed by atoms with Gasteiger partial charge in [0.1, 0.15) is 21.7 Å². The molecule has 3 aromatic rings. The molecule has 7 heteroatoms. The highest BCUT2D eigenvalue weighted by atomic mass is 35.5. The number of rotatable bonds is 3. The fraction of sp³-hybridized carbons (Fsp3) is 0.118. The fourth-order valence-corrected chi connectivity index (χ4v) is 3.96. The average Bonchev–Trinajstić information content (AvgIpc) is 2.99. The quantitative estimate of drug-likeness (QED) is 0.673.